The summed E-state index contributed by atoms with van der Waals surface area (Å²) >= 11 is 0. The zero-order valence-electron chi connectivity index (χ0n) is 12.6. The normalized spacial score (nSPS) is 12.5. The Balaban J connectivity index is 2.35. The summed E-state index contributed by atoms with van der Waals surface area (Å²) in [5.74, 6) is 2.42. The molecule has 106 valence electrons. The van der Waals surface area contributed by atoms with E-state index in [9.17, 15) is 4.79 Å². The number of hydrogen-bond donors (Lipinski definition) is 0. The number of hydrogen-bond acceptors (Lipinski definition) is 2. The van der Waals surface area contributed by atoms with E-state index < -0.39 is 0 Å². The van der Waals surface area contributed by atoms with Crippen LogP contribution >= 0.6 is 0 Å². The molecule has 1 aromatic rings. The summed E-state index contributed by atoms with van der Waals surface area (Å²) in [4.78, 5) is 11.0. The smallest absolute Gasteiger partial charge is 0.134 e. The van der Waals surface area contributed by atoms with Crippen LogP contribution in [0.1, 0.15) is 46.1 Å². The second-order valence-corrected chi connectivity index (χ2v) is 5.91. The lowest BCUT2D eigenvalue weighted by Crippen LogP contribution is -2.09. The van der Waals surface area contributed by atoms with Crippen LogP contribution in [-0.2, 0) is 11.2 Å². The minimum atomic E-state index is 0.191. The summed E-state index contributed by atoms with van der Waals surface area (Å²) in [5, 5.41) is 0. The second-order valence-electron chi connectivity index (χ2n) is 5.91. The van der Waals surface area contributed by atoms with E-state index in [1.165, 1.54) is 12.8 Å². The van der Waals surface area contributed by atoms with Crippen LogP contribution in [0.25, 0.3) is 0 Å². The average molecular weight is 262 g/mol. The van der Waals surface area contributed by atoms with Gasteiger partial charge in [-0.1, -0.05) is 39.3 Å². The highest BCUT2D eigenvalue weighted by atomic mass is 16.5. The van der Waals surface area contributed by atoms with Gasteiger partial charge in [0, 0.05) is 6.42 Å². The van der Waals surface area contributed by atoms with Gasteiger partial charge in [0.15, 0.2) is 0 Å². The molecular formula is C17H26O2. The Hall–Kier alpha value is -1.31. The summed E-state index contributed by atoms with van der Waals surface area (Å²) in [5.41, 5.74) is 1.05. The zero-order valence-corrected chi connectivity index (χ0v) is 12.6. The van der Waals surface area contributed by atoms with Crippen molar-refractivity contribution in [3.8, 4) is 5.75 Å². The Morgan fingerprint density at radius 3 is 2.26 bits per heavy atom. The summed E-state index contributed by atoms with van der Waals surface area (Å²) < 4.78 is 5.78. The van der Waals surface area contributed by atoms with Gasteiger partial charge in [0.25, 0.3) is 0 Å². The van der Waals surface area contributed by atoms with Crippen LogP contribution in [0, 0.1) is 11.8 Å². The molecule has 0 aliphatic carbocycles. The van der Waals surface area contributed by atoms with Gasteiger partial charge in [0.05, 0.1) is 6.61 Å². The van der Waals surface area contributed by atoms with E-state index in [1.807, 2.05) is 24.3 Å². The minimum Gasteiger partial charge on any atom is -0.493 e. The molecule has 1 unspecified atom stereocenters. The molecular weight excluding hydrogens is 236 g/mol. The fourth-order valence-corrected chi connectivity index (χ4v) is 1.93. The van der Waals surface area contributed by atoms with Crippen molar-refractivity contribution in [2.24, 2.45) is 11.8 Å². The van der Waals surface area contributed by atoms with Crippen LogP contribution in [-0.4, -0.2) is 12.4 Å². The zero-order chi connectivity index (χ0) is 14.3. The molecule has 0 heterocycles. The lowest BCUT2D eigenvalue weighted by Gasteiger charge is -2.14. The van der Waals surface area contributed by atoms with Crippen LogP contribution in [0.5, 0.6) is 5.75 Å². The number of rotatable bonds is 8. The number of Topliss-reactive ketones (excluding diaryl/α,β-unsaturated/α-hetero) is 1. The van der Waals surface area contributed by atoms with E-state index in [1.54, 1.807) is 6.92 Å². The molecule has 0 amide bonds. The Morgan fingerprint density at radius 1 is 1.11 bits per heavy atom. The molecule has 0 aromatic heterocycles. The third kappa shape index (κ3) is 7.00. The first-order valence-corrected chi connectivity index (χ1v) is 7.18. The van der Waals surface area contributed by atoms with Crippen LogP contribution in [0.3, 0.4) is 0 Å². The monoisotopic (exact) mass is 262 g/mol. The Bertz CT molecular complexity index is 379. The fraction of sp³-hybridized carbons (Fsp3) is 0.588. The third-order valence-electron chi connectivity index (χ3n) is 3.15. The van der Waals surface area contributed by atoms with Gasteiger partial charge in [-0.05, 0) is 42.9 Å². The number of benzene rings is 1. The summed E-state index contributed by atoms with van der Waals surface area (Å²) in [6, 6.07) is 7.84. The van der Waals surface area contributed by atoms with Crippen LogP contribution < -0.4 is 4.74 Å². The number of ketones is 1. The van der Waals surface area contributed by atoms with Crippen molar-refractivity contribution in [1.82, 2.24) is 0 Å². The van der Waals surface area contributed by atoms with E-state index >= 15 is 0 Å². The molecule has 1 atom stereocenters. The van der Waals surface area contributed by atoms with Crippen LogP contribution in [0.15, 0.2) is 24.3 Å². The van der Waals surface area contributed by atoms with Gasteiger partial charge in [0.2, 0.25) is 0 Å². The van der Waals surface area contributed by atoms with Gasteiger partial charge in [-0.2, -0.15) is 0 Å². The molecule has 2 heteroatoms. The Morgan fingerprint density at radius 2 is 1.74 bits per heavy atom. The second kappa shape index (κ2) is 7.98. The maximum absolute atomic E-state index is 11.0. The molecule has 0 saturated heterocycles. The Labute approximate surface area is 117 Å². The van der Waals surface area contributed by atoms with Gasteiger partial charge in [-0.3, -0.25) is 4.79 Å². The SMILES string of the molecule is CC(=O)Cc1ccc(OCC(C)CCC(C)C)cc1. The van der Waals surface area contributed by atoms with Crippen molar-refractivity contribution in [2.45, 2.75) is 47.0 Å². The van der Waals surface area contributed by atoms with E-state index in [0.29, 0.717) is 12.3 Å². The van der Waals surface area contributed by atoms with Gasteiger partial charge in [-0.15, -0.1) is 0 Å². The number of ether oxygens (including phenoxy) is 1. The molecule has 0 bridgehead atoms. The largest absolute Gasteiger partial charge is 0.493 e. The third-order valence-corrected chi connectivity index (χ3v) is 3.15. The van der Waals surface area contributed by atoms with Crippen molar-refractivity contribution in [3.63, 3.8) is 0 Å². The number of carbonyl (C=O) groups is 1. The summed E-state index contributed by atoms with van der Waals surface area (Å²) in [6.07, 6.45) is 2.97. The first kappa shape index (κ1) is 15.7. The van der Waals surface area contributed by atoms with Crippen molar-refractivity contribution in [3.05, 3.63) is 29.8 Å². The topological polar surface area (TPSA) is 26.3 Å². The van der Waals surface area contributed by atoms with E-state index in [-0.39, 0.29) is 5.78 Å². The predicted molar refractivity (Wildman–Crippen MR) is 79.6 cm³/mol. The van der Waals surface area contributed by atoms with E-state index in [2.05, 4.69) is 20.8 Å². The first-order chi connectivity index (χ1) is 8.97. The molecule has 0 fully saturated rings. The van der Waals surface area contributed by atoms with Crippen LogP contribution in [0.4, 0.5) is 0 Å². The van der Waals surface area contributed by atoms with Crippen molar-refractivity contribution in [2.75, 3.05) is 6.61 Å². The number of carbonyl (C=O) groups excluding carboxylic acids is 1. The summed E-state index contributed by atoms with van der Waals surface area (Å²) in [6.45, 7) is 9.11. The van der Waals surface area contributed by atoms with Crippen molar-refractivity contribution >= 4 is 5.78 Å². The molecule has 0 radical (unpaired) electrons. The molecule has 1 aromatic carbocycles. The molecule has 0 aliphatic heterocycles. The first-order valence-electron chi connectivity index (χ1n) is 7.18. The van der Waals surface area contributed by atoms with Gasteiger partial charge < -0.3 is 4.74 Å². The quantitative estimate of drug-likeness (QED) is 0.699. The van der Waals surface area contributed by atoms with Gasteiger partial charge in [-0.25, -0.2) is 0 Å². The lowest BCUT2D eigenvalue weighted by molar-refractivity contribution is -0.116. The summed E-state index contributed by atoms with van der Waals surface area (Å²) in [7, 11) is 0. The standard InChI is InChI=1S/C17H26O2/c1-13(2)5-6-14(3)12-19-17-9-7-16(8-10-17)11-15(4)18/h7-10,13-14H,5-6,11-12H2,1-4H3. The van der Waals surface area contributed by atoms with E-state index in [4.69, 9.17) is 4.74 Å². The minimum absolute atomic E-state index is 0.191. The average Bonchev–Trinajstić information content (AvgIpc) is 2.35. The molecule has 19 heavy (non-hydrogen) atoms. The molecule has 2 nitrogen and oxygen atoms in total. The Kier molecular flexibility index (Phi) is 6.61. The van der Waals surface area contributed by atoms with Crippen molar-refractivity contribution < 1.29 is 9.53 Å². The molecule has 0 saturated carbocycles. The van der Waals surface area contributed by atoms with Gasteiger partial charge in [0.1, 0.15) is 11.5 Å². The maximum atomic E-state index is 11.0. The lowest BCUT2D eigenvalue weighted by atomic mass is 10.0. The highest BCUT2D eigenvalue weighted by Gasteiger charge is 2.05. The highest BCUT2D eigenvalue weighted by Crippen LogP contribution is 2.16. The highest BCUT2D eigenvalue weighted by molar-refractivity contribution is 5.78. The molecule has 1 rings (SSSR count). The van der Waals surface area contributed by atoms with Gasteiger partial charge >= 0.3 is 0 Å². The predicted octanol–water partition coefficient (Wildman–Crippen LogP) is 4.27. The van der Waals surface area contributed by atoms with Crippen LogP contribution in [0.2, 0.25) is 0 Å². The molecule has 0 N–H and O–H groups in total. The molecule has 0 aliphatic rings. The van der Waals surface area contributed by atoms with Crippen molar-refractivity contribution in [1.29, 1.82) is 0 Å². The fourth-order valence-electron chi connectivity index (χ4n) is 1.93. The van der Waals surface area contributed by atoms with E-state index in [0.717, 1.165) is 23.8 Å². The maximum Gasteiger partial charge on any atom is 0.134 e. The molecule has 0 spiro atoms.